The molecule has 1 saturated heterocycles. The number of nitrogens with zero attached hydrogens (tertiary/aromatic N) is 2. The Morgan fingerprint density at radius 3 is 3.08 bits per heavy atom. The summed E-state index contributed by atoms with van der Waals surface area (Å²) >= 11 is 1.61. The van der Waals surface area contributed by atoms with Crippen LogP contribution in [0.5, 0.6) is 5.75 Å². The van der Waals surface area contributed by atoms with Crippen LogP contribution in [0.1, 0.15) is 16.9 Å². The van der Waals surface area contributed by atoms with Gasteiger partial charge in [0.25, 0.3) is 0 Å². The summed E-state index contributed by atoms with van der Waals surface area (Å²) < 4.78 is 5.18. The Hall–Kier alpha value is -2.56. The van der Waals surface area contributed by atoms with Gasteiger partial charge < -0.3 is 20.7 Å². The molecule has 0 bridgehead atoms. The first-order chi connectivity index (χ1) is 12.6. The van der Waals surface area contributed by atoms with Crippen molar-refractivity contribution in [2.75, 3.05) is 25.1 Å². The number of nitrogens with one attached hydrogen (secondary N) is 1. The minimum Gasteiger partial charge on any atom is -0.497 e. The van der Waals surface area contributed by atoms with Crippen LogP contribution >= 0.6 is 11.3 Å². The molecule has 3 N–H and O–H groups in total. The zero-order chi connectivity index (χ0) is 18.5. The second-order valence-electron chi connectivity index (χ2n) is 6.33. The van der Waals surface area contributed by atoms with Crippen molar-refractivity contribution >= 4 is 22.9 Å². The first-order valence-corrected chi connectivity index (χ1v) is 9.40. The number of carbonyl (C=O) groups excluding carboxylic acids is 1. The van der Waals surface area contributed by atoms with E-state index < -0.39 is 6.04 Å². The summed E-state index contributed by atoms with van der Waals surface area (Å²) in [6, 6.07) is 11.1. The van der Waals surface area contributed by atoms with E-state index in [0.29, 0.717) is 24.3 Å². The number of thiophene rings is 1. The van der Waals surface area contributed by atoms with Crippen LogP contribution in [0.2, 0.25) is 0 Å². The fourth-order valence-corrected chi connectivity index (χ4v) is 3.92. The quantitative estimate of drug-likeness (QED) is 0.810. The molecular weight excluding hydrogens is 348 g/mol. The van der Waals surface area contributed by atoms with E-state index >= 15 is 0 Å². The second-order valence-corrected chi connectivity index (χ2v) is 7.36. The Bertz CT molecular complexity index is 800. The van der Waals surface area contributed by atoms with Gasteiger partial charge >= 0.3 is 0 Å². The number of benzene rings is 1. The normalized spacial score (nSPS) is 17.6. The molecule has 2 atom stereocenters. The highest BCUT2D eigenvalue weighted by molar-refractivity contribution is 7.09. The molecular formula is C19H22N4O2S. The first-order valence-electron chi connectivity index (χ1n) is 8.52. The SMILES string of the molecule is COc1ccc(N2CC[C@H](NC(=O)[C@@H](N)Cc3cccs3)C2)c(C#N)c1. The van der Waals surface area contributed by atoms with Gasteiger partial charge in [0.05, 0.1) is 24.4 Å². The maximum atomic E-state index is 12.4. The van der Waals surface area contributed by atoms with Crippen LogP contribution < -0.4 is 20.7 Å². The van der Waals surface area contributed by atoms with Crippen LogP contribution in [-0.2, 0) is 11.2 Å². The predicted molar refractivity (Wildman–Crippen MR) is 102 cm³/mol. The van der Waals surface area contributed by atoms with Crippen molar-refractivity contribution in [3.05, 3.63) is 46.2 Å². The number of carbonyl (C=O) groups is 1. The number of nitrogens with two attached hydrogens (primary N) is 1. The molecule has 136 valence electrons. The predicted octanol–water partition coefficient (Wildman–Crippen LogP) is 1.89. The zero-order valence-electron chi connectivity index (χ0n) is 14.6. The standard InChI is InChI=1S/C19H22N4O2S/c1-25-15-4-5-18(13(9-15)11-20)23-7-6-14(12-23)22-19(24)17(21)10-16-3-2-8-26-16/h2-5,8-9,14,17H,6-7,10,12,21H2,1H3,(H,22,24)/t14-,17-/m0/s1. The van der Waals surface area contributed by atoms with E-state index in [4.69, 9.17) is 10.5 Å². The van der Waals surface area contributed by atoms with Gasteiger partial charge in [-0.05, 0) is 36.1 Å². The molecule has 0 unspecified atom stereocenters. The van der Waals surface area contributed by atoms with E-state index in [1.54, 1.807) is 24.5 Å². The fraction of sp³-hybridized carbons (Fsp3) is 0.368. The molecule has 2 heterocycles. The van der Waals surface area contributed by atoms with Crippen LogP contribution in [0.15, 0.2) is 35.7 Å². The maximum absolute atomic E-state index is 12.4. The summed E-state index contributed by atoms with van der Waals surface area (Å²) in [5.41, 5.74) is 7.48. The van der Waals surface area contributed by atoms with Crippen LogP contribution in [-0.4, -0.2) is 38.2 Å². The fourth-order valence-electron chi connectivity index (χ4n) is 3.15. The van der Waals surface area contributed by atoms with E-state index in [1.807, 2.05) is 29.6 Å². The summed E-state index contributed by atoms with van der Waals surface area (Å²) in [4.78, 5) is 15.6. The molecule has 1 amide bonds. The van der Waals surface area contributed by atoms with Gasteiger partial charge in [-0.15, -0.1) is 11.3 Å². The number of rotatable bonds is 6. The van der Waals surface area contributed by atoms with E-state index in [0.717, 1.165) is 23.5 Å². The molecule has 1 fully saturated rings. The molecule has 1 aromatic heterocycles. The van der Waals surface area contributed by atoms with Crippen LogP contribution in [0.3, 0.4) is 0 Å². The Balaban J connectivity index is 1.58. The molecule has 7 heteroatoms. The van der Waals surface area contributed by atoms with Gasteiger partial charge in [0.2, 0.25) is 5.91 Å². The summed E-state index contributed by atoms with van der Waals surface area (Å²) in [6.45, 7) is 1.45. The molecule has 0 radical (unpaired) electrons. The summed E-state index contributed by atoms with van der Waals surface area (Å²) in [6.07, 6.45) is 1.38. The number of anilines is 1. The monoisotopic (exact) mass is 370 g/mol. The van der Waals surface area contributed by atoms with Gasteiger partial charge in [-0.3, -0.25) is 4.79 Å². The molecule has 1 aromatic carbocycles. The molecule has 26 heavy (non-hydrogen) atoms. The highest BCUT2D eigenvalue weighted by Crippen LogP contribution is 2.27. The largest absolute Gasteiger partial charge is 0.497 e. The summed E-state index contributed by atoms with van der Waals surface area (Å²) in [7, 11) is 1.58. The lowest BCUT2D eigenvalue weighted by molar-refractivity contribution is -0.122. The highest BCUT2D eigenvalue weighted by atomic mass is 32.1. The first kappa shape index (κ1) is 18.2. The minimum absolute atomic E-state index is 0.0329. The van der Waals surface area contributed by atoms with Crippen molar-refractivity contribution in [3.8, 4) is 11.8 Å². The van der Waals surface area contributed by atoms with Gasteiger partial charge in [0.1, 0.15) is 11.8 Å². The van der Waals surface area contributed by atoms with Crippen molar-refractivity contribution in [3.63, 3.8) is 0 Å². The molecule has 1 aliphatic heterocycles. The van der Waals surface area contributed by atoms with Crippen molar-refractivity contribution in [2.24, 2.45) is 5.73 Å². The Morgan fingerprint density at radius 2 is 2.38 bits per heavy atom. The molecule has 0 saturated carbocycles. The number of ether oxygens (including phenoxy) is 1. The minimum atomic E-state index is -0.543. The lowest BCUT2D eigenvalue weighted by Crippen LogP contribution is -2.47. The average Bonchev–Trinajstić information content (AvgIpc) is 3.33. The number of hydrogen-bond donors (Lipinski definition) is 2. The lowest BCUT2D eigenvalue weighted by Gasteiger charge is -2.21. The van der Waals surface area contributed by atoms with Crippen LogP contribution in [0, 0.1) is 11.3 Å². The lowest BCUT2D eigenvalue weighted by atomic mass is 10.1. The molecule has 2 aromatic rings. The van der Waals surface area contributed by atoms with Crippen molar-refractivity contribution in [1.82, 2.24) is 5.32 Å². The smallest absolute Gasteiger partial charge is 0.237 e. The van der Waals surface area contributed by atoms with Gasteiger partial charge in [0.15, 0.2) is 0 Å². The molecule has 0 aliphatic carbocycles. The topological polar surface area (TPSA) is 91.4 Å². The van der Waals surface area contributed by atoms with Gasteiger partial charge in [-0.2, -0.15) is 5.26 Å². The van der Waals surface area contributed by atoms with Gasteiger partial charge in [-0.25, -0.2) is 0 Å². The number of nitriles is 1. The molecule has 0 spiro atoms. The Kier molecular flexibility index (Phi) is 5.76. The zero-order valence-corrected chi connectivity index (χ0v) is 15.5. The van der Waals surface area contributed by atoms with Gasteiger partial charge in [-0.1, -0.05) is 6.07 Å². The molecule has 6 nitrogen and oxygen atoms in total. The van der Waals surface area contributed by atoms with Crippen LogP contribution in [0.25, 0.3) is 0 Å². The second kappa shape index (κ2) is 8.21. The van der Waals surface area contributed by atoms with Gasteiger partial charge in [0, 0.05) is 30.4 Å². The van der Waals surface area contributed by atoms with Crippen LogP contribution in [0.4, 0.5) is 5.69 Å². The third kappa shape index (κ3) is 4.15. The number of methoxy groups -OCH3 is 1. The maximum Gasteiger partial charge on any atom is 0.237 e. The van der Waals surface area contributed by atoms with E-state index in [1.165, 1.54) is 0 Å². The van der Waals surface area contributed by atoms with E-state index in [9.17, 15) is 10.1 Å². The summed E-state index contributed by atoms with van der Waals surface area (Å²) in [5, 5.41) is 14.4. The number of hydrogen-bond acceptors (Lipinski definition) is 6. The molecule has 3 rings (SSSR count). The number of amides is 1. The summed E-state index contributed by atoms with van der Waals surface area (Å²) in [5.74, 6) is 0.536. The van der Waals surface area contributed by atoms with Crippen molar-refractivity contribution < 1.29 is 9.53 Å². The molecule has 1 aliphatic rings. The highest BCUT2D eigenvalue weighted by Gasteiger charge is 2.27. The third-order valence-corrected chi connectivity index (χ3v) is 5.44. The van der Waals surface area contributed by atoms with Crippen molar-refractivity contribution in [2.45, 2.75) is 24.9 Å². The average molecular weight is 370 g/mol. The Labute approximate surface area is 157 Å². The van der Waals surface area contributed by atoms with E-state index in [-0.39, 0.29) is 11.9 Å². The Morgan fingerprint density at radius 1 is 1.54 bits per heavy atom. The third-order valence-electron chi connectivity index (χ3n) is 4.54. The van der Waals surface area contributed by atoms with E-state index in [2.05, 4.69) is 16.3 Å². The van der Waals surface area contributed by atoms with Crippen molar-refractivity contribution in [1.29, 1.82) is 5.26 Å².